The third-order valence-corrected chi connectivity index (χ3v) is 4.23. The summed E-state index contributed by atoms with van der Waals surface area (Å²) in [6.07, 6.45) is 0. The van der Waals surface area contributed by atoms with Crippen molar-refractivity contribution in [3.05, 3.63) is 35.6 Å². The van der Waals surface area contributed by atoms with Crippen LogP contribution in [0.25, 0.3) is 0 Å². The van der Waals surface area contributed by atoms with Gasteiger partial charge in [-0.05, 0) is 24.6 Å². The van der Waals surface area contributed by atoms with Crippen LogP contribution in [0, 0.1) is 5.82 Å². The number of guanidine groups is 1. The molecule has 0 saturated carbocycles. The van der Waals surface area contributed by atoms with Gasteiger partial charge in [0, 0.05) is 39.8 Å². The van der Waals surface area contributed by atoms with Gasteiger partial charge >= 0.3 is 0 Å². The molecule has 2 atom stereocenters. The van der Waals surface area contributed by atoms with Gasteiger partial charge in [-0.3, -0.25) is 9.89 Å². The van der Waals surface area contributed by atoms with Crippen LogP contribution in [0.4, 0.5) is 4.39 Å². The molecule has 0 aromatic heterocycles. The van der Waals surface area contributed by atoms with Crippen LogP contribution in [0.5, 0.6) is 0 Å². The van der Waals surface area contributed by atoms with Crippen LogP contribution in [-0.4, -0.2) is 70.5 Å². The van der Waals surface area contributed by atoms with Crippen molar-refractivity contribution in [3.63, 3.8) is 0 Å². The second-order valence-electron chi connectivity index (χ2n) is 6.17. The van der Waals surface area contributed by atoms with E-state index in [0.717, 1.165) is 37.8 Å². The molecule has 0 radical (unpaired) electrons. The zero-order valence-corrected chi connectivity index (χ0v) is 15.3. The van der Waals surface area contributed by atoms with Crippen LogP contribution in [0.2, 0.25) is 0 Å². The van der Waals surface area contributed by atoms with E-state index in [1.807, 2.05) is 19.1 Å². The van der Waals surface area contributed by atoms with E-state index in [2.05, 4.69) is 20.5 Å². The molecule has 1 aromatic rings. The van der Waals surface area contributed by atoms with Gasteiger partial charge in [0.2, 0.25) is 0 Å². The van der Waals surface area contributed by atoms with E-state index in [0.29, 0.717) is 13.2 Å². The Kier molecular flexibility index (Phi) is 8.11. The Balaban J connectivity index is 2.03. The fourth-order valence-electron chi connectivity index (χ4n) is 2.94. The van der Waals surface area contributed by atoms with Gasteiger partial charge in [0.1, 0.15) is 5.82 Å². The Hall–Kier alpha value is -1.70. The van der Waals surface area contributed by atoms with E-state index in [4.69, 9.17) is 9.47 Å². The highest BCUT2D eigenvalue weighted by Crippen LogP contribution is 2.21. The maximum Gasteiger partial charge on any atom is 0.191 e. The van der Waals surface area contributed by atoms with Crippen LogP contribution in [0.15, 0.2) is 29.3 Å². The van der Waals surface area contributed by atoms with Crippen LogP contribution in [-0.2, 0) is 9.47 Å². The molecule has 25 heavy (non-hydrogen) atoms. The van der Waals surface area contributed by atoms with Crippen molar-refractivity contribution in [2.75, 3.05) is 53.6 Å². The topological polar surface area (TPSA) is 58.1 Å². The fourth-order valence-corrected chi connectivity index (χ4v) is 2.94. The number of benzene rings is 1. The zero-order chi connectivity index (χ0) is 18.1. The van der Waals surface area contributed by atoms with E-state index in [1.54, 1.807) is 14.2 Å². The van der Waals surface area contributed by atoms with Crippen molar-refractivity contribution < 1.29 is 13.9 Å². The molecule has 6 nitrogen and oxygen atoms in total. The molecule has 1 aliphatic heterocycles. The fraction of sp³-hybridized carbons (Fsp3) is 0.611. The number of nitrogens with zero attached hydrogens (tertiary/aromatic N) is 2. The molecule has 0 spiro atoms. The normalized spacial score (nSPS) is 18.6. The molecule has 1 aliphatic rings. The highest BCUT2D eigenvalue weighted by Gasteiger charge is 2.23. The molecule has 1 heterocycles. The molecule has 2 unspecified atom stereocenters. The molecule has 1 aromatic carbocycles. The first-order valence-electron chi connectivity index (χ1n) is 8.67. The van der Waals surface area contributed by atoms with Crippen LogP contribution >= 0.6 is 0 Å². The predicted molar refractivity (Wildman–Crippen MR) is 97.4 cm³/mol. The van der Waals surface area contributed by atoms with Crippen molar-refractivity contribution in [1.29, 1.82) is 0 Å². The van der Waals surface area contributed by atoms with Crippen LogP contribution in [0.1, 0.15) is 18.5 Å². The SMILES string of the molecule is CN=C(NCC(c1ccc(F)cc1)N1CCOCC1)NC(C)COC. The minimum atomic E-state index is -0.219. The Morgan fingerprint density at radius 2 is 2.00 bits per heavy atom. The standard InChI is InChI=1S/C18H29FN4O2/c1-14(13-24-3)22-18(20-2)21-12-17(23-8-10-25-11-9-23)15-4-6-16(19)7-5-15/h4-7,14,17H,8-13H2,1-3H3,(H2,20,21,22). The first-order valence-corrected chi connectivity index (χ1v) is 8.67. The smallest absolute Gasteiger partial charge is 0.191 e. The average Bonchev–Trinajstić information content (AvgIpc) is 2.63. The predicted octanol–water partition coefficient (Wildman–Crippen LogP) is 1.40. The number of nitrogens with one attached hydrogen (secondary N) is 2. The third kappa shape index (κ3) is 6.26. The summed E-state index contributed by atoms with van der Waals surface area (Å²) >= 11 is 0. The number of aliphatic imine (C=N–C) groups is 1. The molecule has 7 heteroatoms. The summed E-state index contributed by atoms with van der Waals surface area (Å²) in [6, 6.07) is 7.00. The van der Waals surface area contributed by atoms with Gasteiger partial charge in [-0.2, -0.15) is 0 Å². The molecule has 2 N–H and O–H groups in total. The molecule has 0 amide bonds. The van der Waals surface area contributed by atoms with Crippen molar-refractivity contribution in [2.24, 2.45) is 4.99 Å². The number of halogens is 1. The lowest BCUT2D eigenvalue weighted by molar-refractivity contribution is 0.0169. The second-order valence-corrected chi connectivity index (χ2v) is 6.17. The van der Waals surface area contributed by atoms with Crippen LogP contribution < -0.4 is 10.6 Å². The number of hydrogen-bond acceptors (Lipinski definition) is 4. The van der Waals surface area contributed by atoms with Gasteiger partial charge in [0.05, 0.1) is 25.9 Å². The summed E-state index contributed by atoms with van der Waals surface area (Å²) in [4.78, 5) is 6.63. The lowest BCUT2D eigenvalue weighted by atomic mass is 10.0. The summed E-state index contributed by atoms with van der Waals surface area (Å²) < 4.78 is 23.9. The second kappa shape index (κ2) is 10.3. The van der Waals surface area contributed by atoms with Crippen molar-refractivity contribution in [2.45, 2.75) is 19.0 Å². The summed E-state index contributed by atoms with van der Waals surface area (Å²) in [5.74, 6) is 0.508. The Morgan fingerprint density at radius 1 is 1.32 bits per heavy atom. The largest absolute Gasteiger partial charge is 0.383 e. The number of ether oxygens (including phenoxy) is 2. The lowest BCUT2D eigenvalue weighted by Crippen LogP contribution is -2.48. The number of methoxy groups -OCH3 is 1. The maximum absolute atomic E-state index is 13.3. The van der Waals surface area contributed by atoms with E-state index in [1.165, 1.54) is 12.1 Å². The van der Waals surface area contributed by atoms with Gasteiger partial charge in [-0.1, -0.05) is 12.1 Å². The molecule has 1 fully saturated rings. The molecular formula is C18H29FN4O2. The number of rotatable bonds is 7. The van der Waals surface area contributed by atoms with E-state index in [-0.39, 0.29) is 17.9 Å². The summed E-state index contributed by atoms with van der Waals surface area (Å²) in [5, 5.41) is 6.67. The van der Waals surface area contributed by atoms with E-state index >= 15 is 0 Å². The van der Waals surface area contributed by atoms with Gasteiger partial charge < -0.3 is 20.1 Å². The molecule has 1 saturated heterocycles. The Morgan fingerprint density at radius 3 is 2.60 bits per heavy atom. The molecule has 140 valence electrons. The summed E-state index contributed by atoms with van der Waals surface area (Å²) in [6.45, 7) is 6.46. The first kappa shape index (κ1) is 19.6. The third-order valence-electron chi connectivity index (χ3n) is 4.23. The average molecular weight is 352 g/mol. The lowest BCUT2D eigenvalue weighted by Gasteiger charge is -2.35. The van der Waals surface area contributed by atoms with Crippen molar-refractivity contribution in [3.8, 4) is 0 Å². The van der Waals surface area contributed by atoms with E-state index in [9.17, 15) is 4.39 Å². The summed E-state index contributed by atoms with van der Waals surface area (Å²) in [7, 11) is 3.42. The molecule has 2 rings (SSSR count). The molecule has 0 aliphatic carbocycles. The molecule has 0 bridgehead atoms. The minimum Gasteiger partial charge on any atom is -0.383 e. The highest BCUT2D eigenvalue weighted by molar-refractivity contribution is 5.80. The quantitative estimate of drug-likeness (QED) is 0.574. The highest BCUT2D eigenvalue weighted by atomic mass is 19.1. The van der Waals surface area contributed by atoms with Gasteiger partial charge in [0.25, 0.3) is 0 Å². The van der Waals surface area contributed by atoms with Crippen molar-refractivity contribution >= 4 is 5.96 Å². The minimum absolute atomic E-state index is 0.126. The zero-order valence-electron chi connectivity index (χ0n) is 15.3. The number of morpholine rings is 1. The van der Waals surface area contributed by atoms with Gasteiger partial charge in [-0.25, -0.2) is 4.39 Å². The monoisotopic (exact) mass is 352 g/mol. The van der Waals surface area contributed by atoms with Gasteiger partial charge in [-0.15, -0.1) is 0 Å². The Bertz CT molecular complexity index is 532. The molecular weight excluding hydrogens is 323 g/mol. The van der Waals surface area contributed by atoms with E-state index < -0.39 is 0 Å². The maximum atomic E-state index is 13.3. The first-order chi connectivity index (χ1) is 12.1. The number of hydrogen-bond donors (Lipinski definition) is 2. The summed E-state index contributed by atoms with van der Waals surface area (Å²) in [5.41, 5.74) is 1.08. The van der Waals surface area contributed by atoms with Crippen LogP contribution in [0.3, 0.4) is 0 Å². The van der Waals surface area contributed by atoms with Gasteiger partial charge in [0.15, 0.2) is 5.96 Å². The van der Waals surface area contributed by atoms with Crippen molar-refractivity contribution in [1.82, 2.24) is 15.5 Å². The Labute approximate surface area is 149 Å².